The summed E-state index contributed by atoms with van der Waals surface area (Å²) in [5.74, 6) is -0.144. The Morgan fingerprint density at radius 3 is 2.84 bits per heavy atom. The van der Waals surface area contributed by atoms with Crippen molar-refractivity contribution in [2.24, 2.45) is 0 Å². The molecule has 0 saturated heterocycles. The second kappa shape index (κ2) is 7.01. The van der Waals surface area contributed by atoms with E-state index in [1.54, 1.807) is 12.1 Å². The summed E-state index contributed by atoms with van der Waals surface area (Å²) in [6.45, 7) is 4.08. The largest absolute Gasteiger partial charge is 0.312 e. The average molecular weight is 264 g/mol. The maximum Gasteiger partial charge on any atom is 0.123 e. The second-order valence-electron chi connectivity index (χ2n) is 5.67. The average Bonchev–Trinajstić information content (AvgIpc) is 3.18. The Bertz CT molecular complexity index is 390. The molecule has 2 nitrogen and oxygen atoms in total. The molecule has 1 unspecified atom stereocenters. The van der Waals surface area contributed by atoms with Gasteiger partial charge in [0.05, 0.1) is 0 Å². The standard InChI is InChI=1S/C16H25FN2/c1-3-5-16(11-18-15-8-9-15)19(2)12-13-6-4-7-14(17)10-13/h4,6-7,10,15-16,18H,3,5,8-9,11-12H2,1-2H3. The van der Waals surface area contributed by atoms with Crippen LogP contribution in [0.2, 0.25) is 0 Å². The lowest BCUT2D eigenvalue weighted by molar-refractivity contribution is 0.214. The van der Waals surface area contributed by atoms with Gasteiger partial charge in [0.1, 0.15) is 5.82 Å². The number of nitrogens with one attached hydrogen (secondary N) is 1. The molecule has 2 rings (SSSR count). The number of hydrogen-bond donors (Lipinski definition) is 1. The zero-order valence-electron chi connectivity index (χ0n) is 12.0. The first kappa shape index (κ1) is 14.5. The van der Waals surface area contributed by atoms with Gasteiger partial charge in [0.2, 0.25) is 0 Å². The van der Waals surface area contributed by atoms with E-state index in [2.05, 4.69) is 24.2 Å². The first-order valence-corrected chi connectivity index (χ1v) is 7.37. The Balaban J connectivity index is 1.87. The molecule has 0 aromatic heterocycles. The fourth-order valence-electron chi connectivity index (χ4n) is 2.45. The van der Waals surface area contributed by atoms with Crippen molar-refractivity contribution in [1.29, 1.82) is 0 Å². The monoisotopic (exact) mass is 264 g/mol. The van der Waals surface area contributed by atoms with Gasteiger partial charge in [0.25, 0.3) is 0 Å². The molecule has 0 bridgehead atoms. The van der Waals surface area contributed by atoms with Crippen molar-refractivity contribution in [2.45, 2.75) is 51.2 Å². The molecule has 3 heteroatoms. The van der Waals surface area contributed by atoms with Crippen LogP contribution in [0.4, 0.5) is 4.39 Å². The molecule has 0 amide bonds. The zero-order chi connectivity index (χ0) is 13.7. The number of hydrogen-bond acceptors (Lipinski definition) is 2. The Hall–Kier alpha value is -0.930. The van der Waals surface area contributed by atoms with Crippen LogP contribution in [0.1, 0.15) is 38.2 Å². The van der Waals surface area contributed by atoms with E-state index in [1.165, 1.54) is 31.7 Å². The molecule has 1 atom stereocenters. The Labute approximate surface area is 116 Å². The molecule has 1 N–H and O–H groups in total. The topological polar surface area (TPSA) is 15.3 Å². The minimum atomic E-state index is -0.144. The highest BCUT2D eigenvalue weighted by atomic mass is 19.1. The van der Waals surface area contributed by atoms with Crippen LogP contribution >= 0.6 is 0 Å². The fourth-order valence-corrected chi connectivity index (χ4v) is 2.45. The normalized spacial score (nSPS) is 16.8. The molecule has 106 valence electrons. The zero-order valence-corrected chi connectivity index (χ0v) is 12.0. The highest BCUT2D eigenvalue weighted by molar-refractivity contribution is 5.16. The van der Waals surface area contributed by atoms with Crippen LogP contribution in [0.3, 0.4) is 0 Å². The van der Waals surface area contributed by atoms with E-state index in [1.807, 2.05) is 6.07 Å². The van der Waals surface area contributed by atoms with Crippen LogP contribution in [0, 0.1) is 5.82 Å². The summed E-state index contributed by atoms with van der Waals surface area (Å²) in [4.78, 5) is 2.34. The van der Waals surface area contributed by atoms with Gasteiger partial charge in [-0.1, -0.05) is 25.5 Å². The van der Waals surface area contributed by atoms with E-state index in [0.717, 1.165) is 24.7 Å². The van der Waals surface area contributed by atoms with E-state index in [4.69, 9.17) is 0 Å². The van der Waals surface area contributed by atoms with Crippen LogP contribution in [-0.2, 0) is 6.54 Å². The predicted octanol–water partition coefficient (Wildman–Crippen LogP) is 3.18. The summed E-state index contributed by atoms with van der Waals surface area (Å²) in [6, 6.07) is 8.21. The van der Waals surface area contributed by atoms with Gasteiger partial charge in [-0.15, -0.1) is 0 Å². The van der Waals surface area contributed by atoms with Gasteiger partial charge in [-0.2, -0.15) is 0 Å². The van der Waals surface area contributed by atoms with Gasteiger partial charge in [0, 0.05) is 25.2 Å². The van der Waals surface area contributed by atoms with Crippen LogP contribution in [-0.4, -0.2) is 30.6 Å². The van der Waals surface area contributed by atoms with Gasteiger partial charge in [-0.3, -0.25) is 4.90 Å². The fraction of sp³-hybridized carbons (Fsp3) is 0.625. The highest BCUT2D eigenvalue weighted by Crippen LogP contribution is 2.19. The number of halogens is 1. The maximum atomic E-state index is 13.2. The van der Waals surface area contributed by atoms with Gasteiger partial charge >= 0.3 is 0 Å². The van der Waals surface area contributed by atoms with Crippen LogP contribution in [0.5, 0.6) is 0 Å². The van der Waals surface area contributed by atoms with Crippen molar-refractivity contribution in [3.8, 4) is 0 Å². The summed E-state index contributed by atoms with van der Waals surface area (Å²) in [5, 5.41) is 3.60. The number of rotatable bonds is 8. The van der Waals surface area contributed by atoms with Crippen LogP contribution in [0.15, 0.2) is 24.3 Å². The van der Waals surface area contributed by atoms with E-state index >= 15 is 0 Å². The lowest BCUT2D eigenvalue weighted by atomic mass is 10.1. The third-order valence-electron chi connectivity index (χ3n) is 3.79. The summed E-state index contributed by atoms with van der Waals surface area (Å²) < 4.78 is 13.2. The minimum absolute atomic E-state index is 0.144. The maximum absolute atomic E-state index is 13.2. The number of nitrogens with zero attached hydrogens (tertiary/aromatic N) is 1. The second-order valence-corrected chi connectivity index (χ2v) is 5.67. The van der Waals surface area contributed by atoms with Gasteiger partial charge in [-0.25, -0.2) is 4.39 Å². The molecular weight excluding hydrogens is 239 g/mol. The Morgan fingerprint density at radius 1 is 1.42 bits per heavy atom. The molecule has 0 spiro atoms. The van der Waals surface area contributed by atoms with Gasteiger partial charge in [0.15, 0.2) is 0 Å². The van der Waals surface area contributed by atoms with Crippen molar-refractivity contribution >= 4 is 0 Å². The molecular formula is C16H25FN2. The molecule has 0 radical (unpaired) electrons. The molecule has 0 heterocycles. The molecule has 1 fully saturated rings. The third-order valence-corrected chi connectivity index (χ3v) is 3.79. The number of benzene rings is 1. The summed E-state index contributed by atoms with van der Waals surface area (Å²) in [6.07, 6.45) is 5.02. The summed E-state index contributed by atoms with van der Waals surface area (Å²) in [5.41, 5.74) is 1.05. The van der Waals surface area contributed by atoms with E-state index in [9.17, 15) is 4.39 Å². The van der Waals surface area contributed by atoms with Crippen molar-refractivity contribution in [1.82, 2.24) is 10.2 Å². The Morgan fingerprint density at radius 2 is 2.21 bits per heavy atom. The lowest BCUT2D eigenvalue weighted by Crippen LogP contribution is -2.40. The molecule has 1 aromatic rings. The van der Waals surface area contributed by atoms with E-state index in [-0.39, 0.29) is 5.82 Å². The predicted molar refractivity (Wildman–Crippen MR) is 77.6 cm³/mol. The Kier molecular flexibility index (Phi) is 5.34. The molecule has 1 aliphatic carbocycles. The summed E-state index contributed by atoms with van der Waals surface area (Å²) >= 11 is 0. The minimum Gasteiger partial charge on any atom is -0.312 e. The van der Waals surface area contributed by atoms with E-state index < -0.39 is 0 Å². The van der Waals surface area contributed by atoms with Crippen LogP contribution < -0.4 is 5.32 Å². The highest BCUT2D eigenvalue weighted by Gasteiger charge is 2.23. The first-order chi connectivity index (χ1) is 9.19. The van der Waals surface area contributed by atoms with Crippen molar-refractivity contribution < 1.29 is 4.39 Å². The third kappa shape index (κ3) is 4.92. The molecule has 19 heavy (non-hydrogen) atoms. The van der Waals surface area contributed by atoms with Crippen LogP contribution in [0.25, 0.3) is 0 Å². The van der Waals surface area contributed by atoms with E-state index in [0.29, 0.717) is 6.04 Å². The quantitative estimate of drug-likeness (QED) is 0.776. The summed E-state index contributed by atoms with van der Waals surface area (Å²) in [7, 11) is 2.14. The molecule has 1 aromatic carbocycles. The van der Waals surface area contributed by atoms with Gasteiger partial charge < -0.3 is 5.32 Å². The lowest BCUT2D eigenvalue weighted by Gasteiger charge is -2.28. The molecule has 0 aliphatic heterocycles. The molecule has 1 aliphatic rings. The van der Waals surface area contributed by atoms with Crippen molar-refractivity contribution in [3.05, 3.63) is 35.6 Å². The SMILES string of the molecule is CCCC(CNC1CC1)N(C)Cc1cccc(F)c1. The van der Waals surface area contributed by atoms with Crippen molar-refractivity contribution in [2.75, 3.05) is 13.6 Å². The smallest absolute Gasteiger partial charge is 0.123 e. The molecule has 1 saturated carbocycles. The first-order valence-electron chi connectivity index (χ1n) is 7.37. The van der Waals surface area contributed by atoms with Crippen molar-refractivity contribution in [3.63, 3.8) is 0 Å². The number of likely N-dealkylation sites (N-methyl/N-ethyl adjacent to an activating group) is 1. The van der Waals surface area contributed by atoms with Gasteiger partial charge in [-0.05, 0) is 44.0 Å².